The molecule has 2 rings (SSSR count). The second-order valence-electron chi connectivity index (χ2n) is 3.76. The zero-order valence-electron chi connectivity index (χ0n) is 8.83. The summed E-state index contributed by atoms with van der Waals surface area (Å²) in [5.74, 6) is 0. The molecule has 16 heavy (non-hydrogen) atoms. The lowest BCUT2D eigenvalue weighted by molar-refractivity contribution is -0.0269. The molecule has 3 unspecified atom stereocenters. The number of aliphatic hydroxyl groups excluding tert-OH is 2. The Balaban J connectivity index is 2.11. The maximum Gasteiger partial charge on any atom is 0.326 e. The van der Waals surface area contributed by atoms with Crippen molar-refractivity contribution in [2.45, 2.75) is 25.5 Å². The third-order valence-electron chi connectivity index (χ3n) is 2.53. The lowest BCUT2D eigenvalue weighted by Gasteiger charge is -2.31. The number of amides is 2. The van der Waals surface area contributed by atoms with E-state index in [1.807, 2.05) is 0 Å². The predicted octanol–water partition coefficient (Wildman–Crippen LogP) is -0.493. The first kappa shape index (κ1) is 11.1. The molecule has 0 radical (unpaired) electrons. The Hall–Kier alpha value is -1.37. The first-order valence-corrected chi connectivity index (χ1v) is 5.01. The molecular weight excluding hydrogens is 212 g/mol. The molecule has 0 aliphatic carbocycles. The predicted molar refractivity (Wildman–Crippen MR) is 55.0 cm³/mol. The van der Waals surface area contributed by atoms with Gasteiger partial charge in [-0.1, -0.05) is 6.08 Å². The number of carbonyl (C=O) groups is 1. The Morgan fingerprint density at radius 2 is 2.31 bits per heavy atom. The molecule has 88 valence electrons. The van der Waals surface area contributed by atoms with E-state index in [1.165, 1.54) is 11.1 Å². The lowest BCUT2D eigenvalue weighted by atomic mass is 10.2. The minimum absolute atomic E-state index is 0.117. The highest BCUT2D eigenvalue weighted by Crippen LogP contribution is 2.19. The maximum absolute atomic E-state index is 11.6. The molecule has 0 saturated carbocycles. The number of rotatable bonds is 2. The van der Waals surface area contributed by atoms with Crippen molar-refractivity contribution in [3.05, 3.63) is 23.9 Å². The topological polar surface area (TPSA) is 82.0 Å². The third kappa shape index (κ3) is 1.95. The van der Waals surface area contributed by atoms with Gasteiger partial charge in [-0.25, -0.2) is 4.79 Å². The first-order chi connectivity index (χ1) is 7.61. The molecular formula is C10H14N2O4. The minimum atomic E-state index is -0.942. The van der Waals surface area contributed by atoms with Crippen LogP contribution in [-0.4, -0.2) is 46.3 Å². The second-order valence-corrected chi connectivity index (χ2v) is 3.76. The molecule has 0 aromatic carbocycles. The van der Waals surface area contributed by atoms with Gasteiger partial charge in [0.2, 0.25) is 0 Å². The molecule has 6 heteroatoms. The summed E-state index contributed by atoms with van der Waals surface area (Å²) in [6, 6.07) is -0.425. The van der Waals surface area contributed by atoms with E-state index < -0.39 is 18.5 Å². The molecule has 2 aliphatic rings. The number of nitrogens with one attached hydrogen (secondary N) is 1. The summed E-state index contributed by atoms with van der Waals surface area (Å²) in [7, 11) is 0. The Kier molecular flexibility index (Phi) is 2.95. The van der Waals surface area contributed by atoms with Crippen molar-refractivity contribution in [3.8, 4) is 0 Å². The maximum atomic E-state index is 11.6. The monoisotopic (exact) mass is 226 g/mol. The van der Waals surface area contributed by atoms with Crippen LogP contribution in [0.1, 0.15) is 6.92 Å². The van der Waals surface area contributed by atoms with Gasteiger partial charge in [-0.15, -0.1) is 0 Å². The Morgan fingerprint density at radius 1 is 1.56 bits per heavy atom. The molecule has 2 heterocycles. The van der Waals surface area contributed by atoms with Gasteiger partial charge in [0, 0.05) is 6.20 Å². The molecule has 0 aromatic heterocycles. The summed E-state index contributed by atoms with van der Waals surface area (Å²) in [6.45, 7) is 1.59. The van der Waals surface area contributed by atoms with E-state index in [9.17, 15) is 9.90 Å². The van der Waals surface area contributed by atoms with Crippen molar-refractivity contribution in [2.75, 3.05) is 6.61 Å². The van der Waals surface area contributed by atoms with Crippen LogP contribution in [0.4, 0.5) is 4.79 Å². The number of carbonyl (C=O) groups excluding carboxylic acids is 1. The second kappa shape index (κ2) is 4.25. The van der Waals surface area contributed by atoms with Gasteiger partial charge in [0.05, 0.1) is 6.61 Å². The van der Waals surface area contributed by atoms with E-state index in [4.69, 9.17) is 9.84 Å². The van der Waals surface area contributed by atoms with E-state index in [1.54, 1.807) is 19.1 Å². The van der Waals surface area contributed by atoms with Crippen molar-refractivity contribution in [2.24, 2.45) is 0 Å². The van der Waals surface area contributed by atoms with Crippen LogP contribution in [0.15, 0.2) is 23.9 Å². The zero-order chi connectivity index (χ0) is 11.7. The van der Waals surface area contributed by atoms with Crippen LogP contribution in [0, 0.1) is 0 Å². The van der Waals surface area contributed by atoms with E-state index in [-0.39, 0.29) is 12.7 Å². The molecule has 0 saturated heterocycles. The smallest absolute Gasteiger partial charge is 0.326 e. The summed E-state index contributed by atoms with van der Waals surface area (Å²) in [5, 5.41) is 20.7. The number of urea groups is 1. The van der Waals surface area contributed by atoms with Crippen LogP contribution in [-0.2, 0) is 4.74 Å². The average molecular weight is 226 g/mol. The highest BCUT2D eigenvalue weighted by atomic mass is 16.5. The zero-order valence-corrected chi connectivity index (χ0v) is 8.83. The fraction of sp³-hybridized carbons (Fsp3) is 0.500. The van der Waals surface area contributed by atoms with E-state index in [0.717, 1.165) is 0 Å². The summed E-state index contributed by atoms with van der Waals surface area (Å²) in [6.07, 6.45) is 3.09. The molecule has 0 aromatic rings. The van der Waals surface area contributed by atoms with Crippen molar-refractivity contribution in [3.63, 3.8) is 0 Å². The van der Waals surface area contributed by atoms with Gasteiger partial charge < -0.3 is 20.3 Å². The van der Waals surface area contributed by atoms with Crippen LogP contribution in [0.5, 0.6) is 0 Å². The Labute approximate surface area is 92.8 Å². The molecule has 0 fully saturated rings. The minimum Gasteiger partial charge on any atom is -0.393 e. The quantitative estimate of drug-likeness (QED) is 0.555. The molecule has 3 N–H and O–H groups in total. The van der Waals surface area contributed by atoms with Gasteiger partial charge in [0.15, 0.2) is 12.5 Å². The average Bonchev–Trinajstić information content (AvgIpc) is 2.71. The summed E-state index contributed by atoms with van der Waals surface area (Å²) < 4.78 is 5.38. The normalized spacial score (nSPS) is 33.9. The van der Waals surface area contributed by atoms with Crippen molar-refractivity contribution >= 4 is 6.03 Å². The van der Waals surface area contributed by atoms with Crippen LogP contribution < -0.4 is 5.32 Å². The molecule has 0 bridgehead atoms. The van der Waals surface area contributed by atoms with Crippen LogP contribution in [0.3, 0.4) is 0 Å². The molecule has 6 nitrogen and oxygen atoms in total. The van der Waals surface area contributed by atoms with Gasteiger partial charge in [0.25, 0.3) is 0 Å². The van der Waals surface area contributed by atoms with E-state index in [0.29, 0.717) is 5.57 Å². The standard InChI is InChI=1S/C10H14N2O4/c1-6-4-12(10(15)11-9(6)14)8-3-2-7(5-13)16-8/h2-4,7-9,13-14H,5H2,1H3,(H,11,15). The van der Waals surface area contributed by atoms with Gasteiger partial charge in [0.1, 0.15) is 6.10 Å². The van der Waals surface area contributed by atoms with E-state index in [2.05, 4.69) is 5.32 Å². The van der Waals surface area contributed by atoms with Gasteiger partial charge >= 0.3 is 6.03 Å². The number of hydrogen-bond acceptors (Lipinski definition) is 4. The number of ether oxygens (including phenoxy) is 1. The van der Waals surface area contributed by atoms with Crippen molar-refractivity contribution < 1.29 is 19.7 Å². The summed E-state index contributed by atoms with van der Waals surface area (Å²) in [4.78, 5) is 12.9. The van der Waals surface area contributed by atoms with Gasteiger partial charge in [-0.3, -0.25) is 4.90 Å². The van der Waals surface area contributed by atoms with Crippen molar-refractivity contribution in [1.82, 2.24) is 10.2 Å². The van der Waals surface area contributed by atoms with Crippen LogP contribution >= 0.6 is 0 Å². The third-order valence-corrected chi connectivity index (χ3v) is 2.53. The summed E-state index contributed by atoms with van der Waals surface area (Å²) >= 11 is 0. The number of hydrogen-bond donors (Lipinski definition) is 3. The Morgan fingerprint density at radius 3 is 2.94 bits per heavy atom. The molecule has 3 atom stereocenters. The number of aliphatic hydroxyl groups is 2. The lowest BCUT2D eigenvalue weighted by Crippen LogP contribution is -2.51. The van der Waals surface area contributed by atoms with Crippen LogP contribution in [0.25, 0.3) is 0 Å². The highest BCUT2D eigenvalue weighted by Gasteiger charge is 2.31. The van der Waals surface area contributed by atoms with Crippen LogP contribution in [0.2, 0.25) is 0 Å². The van der Waals surface area contributed by atoms with E-state index >= 15 is 0 Å². The number of nitrogens with zero attached hydrogens (tertiary/aromatic N) is 1. The van der Waals surface area contributed by atoms with Crippen molar-refractivity contribution in [1.29, 1.82) is 0 Å². The first-order valence-electron chi connectivity index (χ1n) is 5.01. The van der Waals surface area contributed by atoms with Gasteiger partial charge in [-0.05, 0) is 18.6 Å². The molecule has 2 amide bonds. The Bertz CT molecular complexity index is 353. The summed E-state index contributed by atoms with van der Waals surface area (Å²) in [5.41, 5.74) is 0.629. The molecule has 2 aliphatic heterocycles. The SMILES string of the molecule is CC1=CN(C2C=CC(CO)O2)C(=O)NC1O. The highest BCUT2D eigenvalue weighted by molar-refractivity contribution is 5.77. The largest absolute Gasteiger partial charge is 0.393 e. The molecule has 0 spiro atoms. The fourth-order valence-corrected chi connectivity index (χ4v) is 1.59. The van der Waals surface area contributed by atoms with Gasteiger partial charge in [-0.2, -0.15) is 0 Å². The fourth-order valence-electron chi connectivity index (χ4n) is 1.59.